The summed E-state index contributed by atoms with van der Waals surface area (Å²) in [7, 11) is 2.36. The van der Waals surface area contributed by atoms with E-state index in [9.17, 15) is 21.5 Å². The normalized spacial score (nSPS) is 15.2. The minimum atomic E-state index is -5.01. The standard InChI is InChI=1S/C14H16AsNO8/c1-22-13(17)11-7-24-8-16(12(11)14(18)23-2)10-5-3-9(4-6-10)15(19,20)21/h3-6H,7-8H2,1-2H3,(H2,19,20,21). The van der Waals surface area contributed by atoms with Crippen LogP contribution in [0.4, 0.5) is 5.69 Å². The second-order valence-corrected chi connectivity index (χ2v) is 8.14. The van der Waals surface area contributed by atoms with E-state index in [1.807, 2.05) is 0 Å². The van der Waals surface area contributed by atoms with Crippen molar-refractivity contribution in [2.45, 2.75) is 0 Å². The molecular formula is C14H16AsNO8. The molecule has 1 aliphatic rings. The average molecular weight is 401 g/mol. The van der Waals surface area contributed by atoms with Gasteiger partial charge in [0.15, 0.2) is 0 Å². The maximum atomic E-state index is 12.1. The van der Waals surface area contributed by atoms with Crippen molar-refractivity contribution < 1.29 is 35.7 Å². The number of anilines is 1. The predicted octanol–water partition coefficient (Wildman–Crippen LogP) is -1.36. The van der Waals surface area contributed by atoms with Gasteiger partial charge in [0.05, 0.1) is 0 Å². The van der Waals surface area contributed by atoms with Crippen LogP contribution in [0, 0.1) is 0 Å². The Kier molecular flexibility index (Phi) is 5.50. The van der Waals surface area contributed by atoms with Gasteiger partial charge >= 0.3 is 140 Å². The Balaban J connectivity index is 2.49. The van der Waals surface area contributed by atoms with Crippen molar-refractivity contribution >= 4 is 36.1 Å². The summed E-state index contributed by atoms with van der Waals surface area (Å²) in [5, 5.41) is 0. The second kappa shape index (κ2) is 7.23. The van der Waals surface area contributed by atoms with Gasteiger partial charge in [-0.3, -0.25) is 0 Å². The molecule has 1 aromatic rings. The van der Waals surface area contributed by atoms with Crippen LogP contribution in [0.3, 0.4) is 0 Å². The van der Waals surface area contributed by atoms with E-state index in [-0.39, 0.29) is 29.0 Å². The third-order valence-electron chi connectivity index (χ3n) is 3.33. The number of benzene rings is 1. The maximum absolute atomic E-state index is 12.1. The summed E-state index contributed by atoms with van der Waals surface area (Å²) >= 11 is -5.01. The summed E-state index contributed by atoms with van der Waals surface area (Å²) in [6.45, 7) is -0.150. The number of rotatable bonds is 4. The number of carbonyl (C=O) groups excluding carboxylic acids is 2. The molecule has 0 spiro atoms. The molecule has 0 aliphatic carbocycles. The van der Waals surface area contributed by atoms with Crippen LogP contribution in [0.2, 0.25) is 0 Å². The van der Waals surface area contributed by atoms with E-state index in [0.29, 0.717) is 5.69 Å². The van der Waals surface area contributed by atoms with Crippen LogP contribution in [0.5, 0.6) is 0 Å². The first-order valence-corrected chi connectivity index (χ1v) is 10.1. The van der Waals surface area contributed by atoms with E-state index in [0.717, 1.165) is 0 Å². The van der Waals surface area contributed by atoms with E-state index in [2.05, 4.69) is 4.74 Å². The zero-order valence-electron chi connectivity index (χ0n) is 13.0. The zero-order valence-corrected chi connectivity index (χ0v) is 14.8. The molecule has 2 rings (SSSR count). The number of hydrogen-bond donors (Lipinski definition) is 2. The molecule has 1 aromatic carbocycles. The van der Waals surface area contributed by atoms with Crippen molar-refractivity contribution in [1.29, 1.82) is 0 Å². The predicted molar refractivity (Wildman–Crippen MR) is 81.3 cm³/mol. The van der Waals surface area contributed by atoms with E-state index < -0.39 is 26.1 Å². The molecule has 0 radical (unpaired) electrons. The Labute approximate surface area is 140 Å². The van der Waals surface area contributed by atoms with Gasteiger partial charge in [-0.1, -0.05) is 0 Å². The van der Waals surface area contributed by atoms with Crippen molar-refractivity contribution in [3.05, 3.63) is 35.5 Å². The number of ether oxygens (including phenoxy) is 3. The summed E-state index contributed by atoms with van der Waals surface area (Å²) in [6.07, 6.45) is 0. The van der Waals surface area contributed by atoms with Gasteiger partial charge in [0, 0.05) is 0 Å². The van der Waals surface area contributed by atoms with Crippen LogP contribution in [0.15, 0.2) is 35.5 Å². The molecule has 24 heavy (non-hydrogen) atoms. The molecule has 0 saturated carbocycles. The first-order chi connectivity index (χ1) is 11.3. The Bertz CT molecular complexity index is 721. The number of methoxy groups -OCH3 is 2. The van der Waals surface area contributed by atoms with Crippen LogP contribution in [-0.2, 0) is 27.5 Å². The molecule has 10 heteroatoms. The third-order valence-corrected chi connectivity index (χ3v) is 5.37. The van der Waals surface area contributed by atoms with Crippen molar-refractivity contribution in [3.8, 4) is 0 Å². The second-order valence-electron chi connectivity index (χ2n) is 4.78. The SMILES string of the molecule is COC(=O)C1=C(C(=O)OC)N(c2ccc([As](=O)(O)O)cc2)COC1. The summed E-state index contributed by atoms with van der Waals surface area (Å²) in [4.78, 5) is 25.3. The van der Waals surface area contributed by atoms with E-state index in [1.165, 1.54) is 43.4 Å². The monoisotopic (exact) mass is 401 g/mol. The molecule has 0 unspecified atom stereocenters. The van der Waals surface area contributed by atoms with Gasteiger partial charge in [-0.25, -0.2) is 0 Å². The van der Waals surface area contributed by atoms with Crippen LogP contribution in [-0.4, -0.2) is 61.9 Å². The number of nitrogens with zero attached hydrogens (tertiary/aromatic N) is 1. The van der Waals surface area contributed by atoms with Gasteiger partial charge in [0.25, 0.3) is 0 Å². The fraction of sp³-hybridized carbons (Fsp3) is 0.286. The first-order valence-electron chi connectivity index (χ1n) is 6.70. The topological polar surface area (TPSA) is 123 Å². The van der Waals surface area contributed by atoms with Crippen LogP contribution in [0.1, 0.15) is 0 Å². The number of carbonyl (C=O) groups is 2. The molecule has 9 nitrogen and oxygen atoms in total. The van der Waals surface area contributed by atoms with Gasteiger partial charge < -0.3 is 0 Å². The summed E-state index contributed by atoms with van der Waals surface area (Å²) in [5.74, 6) is -1.47. The average Bonchev–Trinajstić information content (AvgIpc) is 2.59. The van der Waals surface area contributed by atoms with E-state index in [4.69, 9.17) is 9.47 Å². The molecule has 0 aromatic heterocycles. The number of hydrogen-bond acceptors (Lipinski definition) is 7. The van der Waals surface area contributed by atoms with Crippen LogP contribution in [0.25, 0.3) is 0 Å². The molecular weight excluding hydrogens is 385 g/mol. The van der Waals surface area contributed by atoms with Crippen molar-refractivity contribution in [1.82, 2.24) is 0 Å². The van der Waals surface area contributed by atoms with Crippen molar-refractivity contribution in [2.24, 2.45) is 0 Å². The molecule has 0 fully saturated rings. The Hall–Kier alpha value is -2.06. The molecule has 0 atom stereocenters. The molecule has 0 amide bonds. The van der Waals surface area contributed by atoms with E-state index in [1.54, 1.807) is 0 Å². The Morgan fingerprint density at radius 2 is 1.71 bits per heavy atom. The Morgan fingerprint density at radius 1 is 1.12 bits per heavy atom. The van der Waals surface area contributed by atoms with Crippen LogP contribution >= 0.6 is 0 Å². The van der Waals surface area contributed by atoms with Gasteiger partial charge in [-0.05, 0) is 0 Å². The van der Waals surface area contributed by atoms with Gasteiger partial charge in [0.1, 0.15) is 0 Å². The minimum absolute atomic E-state index is 0.00114. The Morgan fingerprint density at radius 3 is 2.21 bits per heavy atom. The van der Waals surface area contributed by atoms with Crippen molar-refractivity contribution in [2.75, 3.05) is 32.5 Å². The fourth-order valence-electron chi connectivity index (χ4n) is 2.17. The molecule has 0 bridgehead atoms. The van der Waals surface area contributed by atoms with Gasteiger partial charge in [-0.15, -0.1) is 0 Å². The summed E-state index contributed by atoms with van der Waals surface area (Å²) < 4.78 is 44.3. The zero-order chi connectivity index (χ0) is 17.9. The summed E-state index contributed by atoms with van der Waals surface area (Å²) in [5.41, 5.74) is 0.368. The van der Waals surface area contributed by atoms with E-state index >= 15 is 0 Å². The fourth-order valence-corrected chi connectivity index (χ4v) is 3.30. The third kappa shape index (κ3) is 3.70. The van der Waals surface area contributed by atoms with Gasteiger partial charge in [0.2, 0.25) is 0 Å². The molecule has 1 aliphatic heterocycles. The molecule has 0 saturated heterocycles. The molecule has 1 heterocycles. The molecule has 130 valence electrons. The quantitative estimate of drug-likeness (QED) is 0.465. The van der Waals surface area contributed by atoms with Crippen molar-refractivity contribution in [3.63, 3.8) is 0 Å². The summed E-state index contributed by atoms with van der Waals surface area (Å²) in [6, 6.07) is 5.36. The first kappa shape index (κ1) is 18.3. The number of esters is 2. The van der Waals surface area contributed by atoms with Gasteiger partial charge in [-0.2, -0.15) is 0 Å². The molecule has 2 N–H and O–H groups in total. The van der Waals surface area contributed by atoms with Crippen LogP contribution < -0.4 is 9.25 Å².